The number of nitrogens with two attached hydrogens (primary N) is 1. The van der Waals surface area contributed by atoms with Crippen molar-refractivity contribution in [2.24, 2.45) is 17.6 Å². The number of benzene rings is 1. The summed E-state index contributed by atoms with van der Waals surface area (Å²) < 4.78 is 5.18. The molecule has 2 rings (SSSR count). The van der Waals surface area contributed by atoms with Gasteiger partial charge in [0.1, 0.15) is 5.75 Å². The van der Waals surface area contributed by atoms with Crippen LogP contribution in [0.5, 0.6) is 5.75 Å². The molecule has 5 nitrogen and oxygen atoms in total. The lowest BCUT2D eigenvalue weighted by molar-refractivity contribution is -0.123. The first-order chi connectivity index (χ1) is 10.6. The van der Waals surface area contributed by atoms with Gasteiger partial charge < -0.3 is 15.8 Å². The first-order valence-corrected chi connectivity index (χ1v) is 7.94. The highest BCUT2D eigenvalue weighted by molar-refractivity contribution is 5.78. The Hall–Kier alpha value is -1.59. The molecule has 2 atom stereocenters. The van der Waals surface area contributed by atoms with Crippen molar-refractivity contribution in [3.05, 3.63) is 29.8 Å². The third kappa shape index (κ3) is 4.71. The summed E-state index contributed by atoms with van der Waals surface area (Å²) in [5.41, 5.74) is 6.85. The van der Waals surface area contributed by atoms with Gasteiger partial charge in [0.2, 0.25) is 5.91 Å². The predicted octanol–water partition coefficient (Wildman–Crippen LogP) is 1.23. The maximum atomic E-state index is 12.1. The fourth-order valence-corrected chi connectivity index (χ4v) is 2.92. The van der Waals surface area contributed by atoms with Crippen LogP contribution >= 0.6 is 0 Å². The summed E-state index contributed by atoms with van der Waals surface area (Å²) in [6.45, 7) is 5.82. The minimum atomic E-state index is 0.0631. The van der Waals surface area contributed by atoms with E-state index in [2.05, 4.69) is 17.1 Å². The fraction of sp³-hybridized carbons (Fsp3) is 0.588. The Morgan fingerprint density at radius 1 is 1.50 bits per heavy atom. The van der Waals surface area contributed by atoms with Crippen LogP contribution in [-0.4, -0.2) is 44.1 Å². The highest BCUT2D eigenvalue weighted by Crippen LogP contribution is 2.21. The van der Waals surface area contributed by atoms with Crippen LogP contribution in [0, 0.1) is 11.8 Å². The first-order valence-electron chi connectivity index (χ1n) is 7.94. The SMILES string of the molecule is COc1cccc(CNC(=O)CN2CCC(C)C(CN)C2)c1. The fourth-order valence-electron chi connectivity index (χ4n) is 2.92. The van der Waals surface area contributed by atoms with E-state index in [0.717, 1.165) is 30.8 Å². The number of nitrogens with one attached hydrogen (secondary N) is 1. The Balaban J connectivity index is 1.78. The zero-order valence-electron chi connectivity index (χ0n) is 13.5. The summed E-state index contributed by atoms with van der Waals surface area (Å²) in [4.78, 5) is 14.3. The highest BCUT2D eigenvalue weighted by atomic mass is 16.5. The molecule has 5 heteroatoms. The summed E-state index contributed by atoms with van der Waals surface area (Å²) in [5, 5.41) is 2.97. The van der Waals surface area contributed by atoms with Crippen molar-refractivity contribution in [1.29, 1.82) is 0 Å². The molecule has 1 saturated heterocycles. The van der Waals surface area contributed by atoms with E-state index in [1.54, 1.807) is 7.11 Å². The van der Waals surface area contributed by atoms with Gasteiger partial charge in [0.05, 0.1) is 13.7 Å². The average molecular weight is 305 g/mol. The van der Waals surface area contributed by atoms with E-state index in [1.807, 2.05) is 24.3 Å². The molecule has 0 aliphatic carbocycles. The Morgan fingerprint density at radius 3 is 3.05 bits per heavy atom. The molecule has 0 saturated carbocycles. The summed E-state index contributed by atoms with van der Waals surface area (Å²) in [6, 6.07) is 7.74. The number of ether oxygens (including phenoxy) is 1. The standard InChI is InChI=1S/C17H27N3O2/c1-13-6-7-20(11-15(13)9-18)12-17(21)19-10-14-4-3-5-16(8-14)22-2/h3-5,8,13,15H,6-7,9-12,18H2,1-2H3,(H,19,21). The van der Waals surface area contributed by atoms with Crippen LogP contribution in [-0.2, 0) is 11.3 Å². The summed E-state index contributed by atoms with van der Waals surface area (Å²) in [5.74, 6) is 2.02. The molecule has 2 unspecified atom stereocenters. The van der Waals surface area contributed by atoms with Gasteiger partial charge in [-0.15, -0.1) is 0 Å². The number of hydrogen-bond acceptors (Lipinski definition) is 4. The molecule has 1 aliphatic rings. The smallest absolute Gasteiger partial charge is 0.234 e. The Labute approximate surface area is 132 Å². The van der Waals surface area contributed by atoms with Crippen LogP contribution in [0.2, 0.25) is 0 Å². The van der Waals surface area contributed by atoms with Crippen LogP contribution in [0.3, 0.4) is 0 Å². The number of piperidine rings is 1. The molecule has 1 aromatic carbocycles. The monoisotopic (exact) mass is 305 g/mol. The van der Waals surface area contributed by atoms with Crippen LogP contribution < -0.4 is 15.8 Å². The Bertz CT molecular complexity index is 493. The second-order valence-electron chi connectivity index (χ2n) is 6.13. The van der Waals surface area contributed by atoms with Gasteiger partial charge in [-0.25, -0.2) is 0 Å². The third-order valence-electron chi connectivity index (χ3n) is 4.49. The molecule has 1 amide bonds. The van der Waals surface area contributed by atoms with Gasteiger partial charge in [0.15, 0.2) is 0 Å². The molecule has 3 N–H and O–H groups in total. The zero-order valence-corrected chi connectivity index (χ0v) is 13.5. The van der Waals surface area contributed by atoms with Crippen molar-refractivity contribution in [1.82, 2.24) is 10.2 Å². The van der Waals surface area contributed by atoms with Crippen molar-refractivity contribution < 1.29 is 9.53 Å². The largest absolute Gasteiger partial charge is 0.497 e. The second-order valence-corrected chi connectivity index (χ2v) is 6.13. The van der Waals surface area contributed by atoms with Crippen LogP contribution in [0.4, 0.5) is 0 Å². The van der Waals surface area contributed by atoms with E-state index in [-0.39, 0.29) is 5.91 Å². The average Bonchev–Trinajstić information content (AvgIpc) is 2.55. The quantitative estimate of drug-likeness (QED) is 0.829. The van der Waals surface area contributed by atoms with Crippen molar-refractivity contribution >= 4 is 5.91 Å². The van der Waals surface area contributed by atoms with Crippen LogP contribution in [0.25, 0.3) is 0 Å². The highest BCUT2D eigenvalue weighted by Gasteiger charge is 2.25. The minimum absolute atomic E-state index is 0.0631. The number of methoxy groups -OCH3 is 1. The molecule has 122 valence electrons. The van der Waals surface area contributed by atoms with Crippen molar-refractivity contribution in [2.75, 3.05) is 33.3 Å². The third-order valence-corrected chi connectivity index (χ3v) is 4.49. The molecular weight excluding hydrogens is 278 g/mol. The second kappa shape index (κ2) is 8.15. The van der Waals surface area contributed by atoms with Crippen molar-refractivity contribution in [3.8, 4) is 5.75 Å². The first kappa shape index (κ1) is 16.8. The van der Waals surface area contributed by atoms with Gasteiger partial charge in [-0.2, -0.15) is 0 Å². The van der Waals surface area contributed by atoms with E-state index < -0.39 is 0 Å². The lowest BCUT2D eigenvalue weighted by Gasteiger charge is -2.36. The van der Waals surface area contributed by atoms with E-state index in [1.165, 1.54) is 0 Å². The minimum Gasteiger partial charge on any atom is -0.497 e. The normalized spacial score (nSPS) is 22.3. The molecule has 1 aliphatic heterocycles. The molecule has 1 heterocycles. The zero-order chi connectivity index (χ0) is 15.9. The molecule has 0 spiro atoms. The molecule has 0 bridgehead atoms. The van der Waals surface area contributed by atoms with Crippen LogP contribution in [0.1, 0.15) is 18.9 Å². The van der Waals surface area contributed by atoms with E-state index >= 15 is 0 Å². The number of nitrogens with zero attached hydrogens (tertiary/aromatic N) is 1. The van der Waals surface area contributed by atoms with Gasteiger partial charge in [0.25, 0.3) is 0 Å². The van der Waals surface area contributed by atoms with E-state index in [9.17, 15) is 4.79 Å². The van der Waals surface area contributed by atoms with Crippen LogP contribution in [0.15, 0.2) is 24.3 Å². The van der Waals surface area contributed by atoms with E-state index in [4.69, 9.17) is 10.5 Å². The maximum absolute atomic E-state index is 12.1. The number of amides is 1. The van der Waals surface area contributed by atoms with Gasteiger partial charge in [-0.1, -0.05) is 19.1 Å². The van der Waals surface area contributed by atoms with Gasteiger partial charge >= 0.3 is 0 Å². The van der Waals surface area contributed by atoms with Crippen molar-refractivity contribution in [3.63, 3.8) is 0 Å². The Kier molecular flexibility index (Phi) is 6.21. The van der Waals surface area contributed by atoms with Crippen molar-refractivity contribution in [2.45, 2.75) is 19.9 Å². The number of carbonyl (C=O) groups excluding carboxylic acids is 1. The Morgan fingerprint density at radius 2 is 2.32 bits per heavy atom. The topological polar surface area (TPSA) is 67.6 Å². The molecule has 1 fully saturated rings. The molecule has 0 radical (unpaired) electrons. The molecule has 0 aromatic heterocycles. The van der Waals surface area contributed by atoms with Gasteiger partial charge in [-0.3, -0.25) is 9.69 Å². The molecule has 1 aromatic rings. The summed E-state index contributed by atoms with van der Waals surface area (Å²) in [6.07, 6.45) is 1.12. The van der Waals surface area contributed by atoms with E-state index in [0.29, 0.717) is 31.5 Å². The lowest BCUT2D eigenvalue weighted by Crippen LogP contribution is -2.46. The number of rotatable bonds is 6. The summed E-state index contributed by atoms with van der Waals surface area (Å²) in [7, 11) is 1.64. The number of hydrogen-bond donors (Lipinski definition) is 2. The maximum Gasteiger partial charge on any atom is 0.234 e. The number of likely N-dealkylation sites (tertiary alicyclic amines) is 1. The summed E-state index contributed by atoms with van der Waals surface area (Å²) >= 11 is 0. The lowest BCUT2D eigenvalue weighted by atomic mass is 9.87. The van der Waals surface area contributed by atoms with Gasteiger partial charge in [-0.05, 0) is 49.0 Å². The predicted molar refractivity (Wildman–Crippen MR) is 87.6 cm³/mol. The van der Waals surface area contributed by atoms with Gasteiger partial charge in [0, 0.05) is 13.1 Å². The number of carbonyl (C=O) groups is 1. The molecular formula is C17H27N3O2. The molecule has 22 heavy (non-hydrogen) atoms.